The van der Waals surface area contributed by atoms with E-state index in [-0.39, 0.29) is 25.0 Å². The molecule has 1 amide bonds. The minimum atomic E-state index is -2.50. The number of aromatic amines is 1. The van der Waals surface area contributed by atoms with Gasteiger partial charge in [0.25, 0.3) is 6.43 Å². The summed E-state index contributed by atoms with van der Waals surface area (Å²) in [6.07, 6.45) is 1.53. The van der Waals surface area contributed by atoms with E-state index in [0.717, 1.165) is 0 Å². The van der Waals surface area contributed by atoms with Gasteiger partial charge in [-0.1, -0.05) is 6.92 Å². The highest BCUT2D eigenvalue weighted by atomic mass is 19.3. The largest absolute Gasteiger partial charge is 0.375 e. The van der Waals surface area contributed by atoms with E-state index in [4.69, 9.17) is 0 Å². The van der Waals surface area contributed by atoms with Gasteiger partial charge in [0.1, 0.15) is 12.4 Å². The normalized spacial score (nSPS) is 12.7. The van der Waals surface area contributed by atoms with Gasteiger partial charge in [0.2, 0.25) is 5.91 Å². The molecular weight excluding hydrogens is 244 g/mol. The molecule has 0 aliphatic heterocycles. The first kappa shape index (κ1) is 14.6. The molecule has 7 heteroatoms. The Bertz CT molecular complexity index is 344. The topological polar surface area (TPSA) is 67.0 Å². The van der Waals surface area contributed by atoms with Crippen LogP contribution in [0.5, 0.6) is 0 Å². The van der Waals surface area contributed by atoms with Crippen LogP contribution in [0.1, 0.15) is 31.6 Å². The fraction of sp³-hybridized carbons (Fsp3) is 0.636. The van der Waals surface area contributed by atoms with E-state index in [0.29, 0.717) is 12.2 Å². The van der Waals surface area contributed by atoms with Crippen LogP contribution in [-0.4, -0.2) is 35.5 Å². The van der Waals surface area contributed by atoms with Crippen molar-refractivity contribution in [3.8, 4) is 0 Å². The Hall–Kier alpha value is -1.50. The van der Waals surface area contributed by atoms with E-state index in [1.165, 1.54) is 0 Å². The van der Waals surface area contributed by atoms with Crippen LogP contribution in [0.2, 0.25) is 0 Å². The molecule has 0 aliphatic carbocycles. The Morgan fingerprint density at radius 2 is 2.39 bits per heavy atom. The minimum absolute atomic E-state index is 0.00916. The zero-order valence-corrected chi connectivity index (χ0v) is 10.2. The quantitative estimate of drug-likeness (QED) is 0.699. The number of carbonyl (C=O) groups excluding carboxylic acids is 1. The zero-order valence-electron chi connectivity index (χ0n) is 10.2. The third-order valence-electron chi connectivity index (χ3n) is 2.31. The number of aromatic nitrogens is 2. The van der Waals surface area contributed by atoms with Crippen LogP contribution in [0, 0.1) is 0 Å². The summed E-state index contributed by atoms with van der Waals surface area (Å²) < 4.78 is 28.2. The van der Waals surface area contributed by atoms with Crippen molar-refractivity contribution in [1.82, 2.24) is 15.3 Å². The van der Waals surface area contributed by atoms with Crippen LogP contribution in [0.4, 0.5) is 8.78 Å². The van der Waals surface area contributed by atoms with Crippen LogP contribution < -0.4 is 5.32 Å². The molecular formula is C11H17F2N3O2. The number of ether oxygens (including phenoxy) is 1. The van der Waals surface area contributed by atoms with Gasteiger partial charge in [-0.3, -0.25) is 4.79 Å². The number of hydrogen-bond donors (Lipinski definition) is 2. The van der Waals surface area contributed by atoms with Gasteiger partial charge < -0.3 is 15.0 Å². The van der Waals surface area contributed by atoms with Crippen LogP contribution in [0.3, 0.4) is 0 Å². The maximum Gasteiger partial charge on any atom is 0.261 e. The monoisotopic (exact) mass is 261 g/mol. The zero-order chi connectivity index (χ0) is 13.4. The number of nitrogens with one attached hydrogen (secondary N) is 2. The molecule has 1 atom stereocenters. The average Bonchev–Trinajstić information content (AvgIpc) is 2.85. The number of carbonyl (C=O) groups is 1. The number of rotatable bonds is 8. The third kappa shape index (κ3) is 5.22. The molecule has 1 rings (SSSR count). The van der Waals surface area contributed by atoms with Crippen molar-refractivity contribution in [2.75, 3.05) is 13.2 Å². The van der Waals surface area contributed by atoms with Crippen molar-refractivity contribution in [2.24, 2.45) is 0 Å². The smallest absolute Gasteiger partial charge is 0.261 e. The van der Waals surface area contributed by atoms with Crippen molar-refractivity contribution >= 4 is 5.91 Å². The first-order valence-corrected chi connectivity index (χ1v) is 5.78. The van der Waals surface area contributed by atoms with E-state index in [2.05, 4.69) is 20.0 Å². The second kappa shape index (κ2) is 7.75. The lowest BCUT2D eigenvalue weighted by Gasteiger charge is -2.14. The molecule has 1 aromatic heterocycles. The van der Waals surface area contributed by atoms with Gasteiger partial charge in [0, 0.05) is 18.8 Å². The van der Waals surface area contributed by atoms with E-state index < -0.39 is 13.0 Å². The lowest BCUT2D eigenvalue weighted by molar-refractivity contribution is -0.123. The van der Waals surface area contributed by atoms with Crippen LogP contribution in [-0.2, 0) is 9.53 Å². The first-order valence-electron chi connectivity index (χ1n) is 5.78. The van der Waals surface area contributed by atoms with E-state index in [1.54, 1.807) is 12.4 Å². The molecule has 0 fully saturated rings. The lowest BCUT2D eigenvalue weighted by Crippen LogP contribution is -2.29. The molecule has 102 valence electrons. The third-order valence-corrected chi connectivity index (χ3v) is 2.31. The average molecular weight is 261 g/mol. The maximum atomic E-state index is 11.8. The summed E-state index contributed by atoms with van der Waals surface area (Å²) in [5, 5.41) is 2.76. The Balaban J connectivity index is 2.26. The molecule has 0 aliphatic rings. The molecule has 5 nitrogen and oxygen atoms in total. The molecule has 1 unspecified atom stereocenters. The molecule has 0 spiro atoms. The van der Waals surface area contributed by atoms with Gasteiger partial charge in [0.15, 0.2) is 0 Å². The van der Waals surface area contributed by atoms with Crippen molar-refractivity contribution in [3.05, 3.63) is 18.2 Å². The van der Waals surface area contributed by atoms with Gasteiger partial charge in [-0.2, -0.15) is 0 Å². The molecule has 1 aromatic rings. The predicted octanol–water partition coefficient (Wildman–Crippen LogP) is 1.65. The Morgan fingerprint density at radius 3 is 2.94 bits per heavy atom. The Morgan fingerprint density at radius 1 is 1.61 bits per heavy atom. The van der Waals surface area contributed by atoms with Gasteiger partial charge in [-0.15, -0.1) is 0 Å². The SMILES string of the molecule is CCC(NC(=O)CCOCC(F)F)c1ncc[nH]1. The summed E-state index contributed by atoms with van der Waals surface area (Å²) in [5.74, 6) is 0.437. The molecule has 0 aromatic carbocycles. The summed E-state index contributed by atoms with van der Waals surface area (Å²) >= 11 is 0. The fourth-order valence-electron chi connectivity index (χ4n) is 1.44. The highest BCUT2D eigenvalue weighted by Crippen LogP contribution is 2.11. The fourth-order valence-corrected chi connectivity index (χ4v) is 1.44. The highest BCUT2D eigenvalue weighted by Gasteiger charge is 2.14. The van der Waals surface area contributed by atoms with Crippen LogP contribution in [0.15, 0.2) is 12.4 Å². The standard InChI is InChI=1S/C11H17F2N3O2/c1-2-8(11-14-4-5-15-11)16-10(17)3-6-18-7-9(12)13/h4-5,8-9H,2-3,6-7H2,1H3,(H,14,15)(H,16,17). The summed E-state index contributed by atoms with van der Waals surface area (Å²) in [7, 11) is 0. The molecule has 18 heavy (non-hydrogen) atoms. The van der Waals surface area contributed by atoms with Crippen molar-refractivity contribution in [1.29, 1.82) is 0 Å². The molecule has 0 saturated heterocycles. The first-order chi connectivity index (χ1) is 8.63. The van der Waals surface area contributed by atoms with E-state index in [9.17, 15) is 13.6 Å². The Labute approximate surface area is 104 Å². The number of alkyl halides is 2. The van der Waals surface area contributed by atoms with Gasteiger partial charge in [0.05, 0.1) is 12.6 Å². The number of halogens is 2. The highest BCUT2D eigenvalue weighted by molar-refractivity contribution is 5.76. The number of amides is 1. The molecule has 0 bridgehead atoms. The summed E-state index contributed by atoms with van der Waals surface area (Å²) in [6.45, 7) is 1.27. The number of imidazole rings is 1. The van der Waals surface area contributed by atoms with Gasteiger partial charge in [-0.05, 0) is 6.42 Å². The lowest BCUT2D eigenvalue weighted by atomic mass is 10.2. The molecule has 1 heterocycles. The van der Waals surface area contributed by atoms with Crippen molar-refractivity contribution in [3.63, 3.8) is 0 Å². The summed E-state index contributed by atoms with van der Waals surface area (Å²) in [4.78, 5) is 18.5. The molecule has 0 saturated carbocycles. The predicted molar refractivity (Wildman–Crippen MR) is 61.2 cm³/mol. The maximum absolute atomic E-state index is 11.8. The van der Waals surface area contributed by atoms with Gasteiger partial charge in [-0.25, -0.2) is 13.8 Å². The van der Waals surface area contributed by atoms with Crippen LogP contribution in [0.25, 0.3) is 0 Å². The van der Waals surface area contributed by atoms with Crippen molar-refractivity contribution in [2.45, 2.75) is 32.2 Å². The minimum Gasteiger partial charge on any atom is -0.375 e. The van der Waals surface area contributed by atoms with Gasteiger partial charge >= 0.3 is 0 Å². The number of nitrogens with zero attached hydrogens (tertiary/aromatic N) is 1. The Kier molecular flexibility index (Phi) is 6.27. The van der Waals surface area contributed by atoms with E-state index >= 15 is 0 Å². The number of H-pyrrole nitrogens is 1. The number of hydrogen-bond acceptors (Lipinski definition) is 3. The van der Waals surface area contributed by atoms with Crippen LogP contribution >= 0.6 is 0 Å². The second-order valence-corrected chi connectivity index (χ2v) is 3.72. The van der Waals surface area contributed by atoms with Crippen molar-refractivity contribution < 1.29 is 18.3 Å². The summed E-state index contributed by atoms with van der Waals surface area (Å²) in [6, 6.07) is -0.192. The molecule has 0 radical (unpaired) electrons. The molecule has 2 N–H and O–H groups in total. The van der Waals surface area contributed by atoms with E-state index in [1.807, 2.05) is 6.92 Å². The second-order valence-electron chi connectivity index (χ2n) is 3.72. The summed E-state index contributed by atoms with van der Waals surface area (Å²) in [5.41, 5.74) is 0.